The molecule has 0 saturated heterocycles. The molecule has 0 spiro atoms. The summed E-state index contributed by atoms with van der Waals surface area (Å²) in [7, 11) is 0. The largest absolute Gasteiger partial charge is 0.456 e. The lowest BCUT2D eigenvalue weighted by Gasteiger charge is -2.30. The number of furan rings is 1. The molecule has 0 saturated carbocycles. The van der Waals surface area contributed by atoms with Crippen LogP contribution in [-0.2, 0) is 0 Å². The topological polar surface area (TPSA) is 16.4 Å². The van der Waals surface area contributed by atoms with E-state index in [1.807, 2.05) is 12.1 Å². The second-order valence-electron chi connectivity index (χ2n) is 13.7. The van der Waals surface area contributed by atoms with Crippen LogP contribution in [0.15, 0.2) is 217 Å². The first-order valence-corrected chi connectivity index (χ1v) is 18.4. The Labute approximate surface area is 314 Å². The standard InChI is InChI=1S/C52H35NO/c1-3-16-37(17-4-1)44-23-9-10-25-48(44)52-45(38-18-5-2-6-19-38)26-14-27-49(52)53(43-31-32-47-46-24-11-12-28-50(46)54-51(47)35-43)42-22-13-21-40(34-42)41-30-29-36-15-7-8-20-39(36)33-41/h1-35H. The van der Waals surface area contributed by atoms with Crippen molar-refractivity contribution in [3.05, 3.63) is 212 Å². The van der Waals surface area contributed by atoms with Gasteiger partial charge in [0.05, 0.1) is 5.69 Å². The van der Waals surface area contributed by atoms with Crippen molar-refractivity contribution >= 4 is 49.8 Å². The third-order valence-electron chi connectivity index (χ3n) is 10.5. The van der Waals surface area contributed by atoms with Crippen LogP contribution in [0, 0.1) is 0 Å². The lowest BCUT2D eigenvalue weighted by Crippen LogP contribution is -2.12. The molecule has 1 aromatic heterocycles. The van der Waals surface area contributed by atoms with Gasteiger partial charge >= 0.3 is 0 Å². The van der Waals surface area contributed by atoms with Crippen molar-refractivity contribution < 1.29 is 4.42 Å². The molecule has 0 unspecified atom stereocenters. The summed E-state index contributed by atoms with van der Waals surface area (Å²) in [6, 6.07) is 76.0. The van der Waals surface area contributed by atoms with Gasteiger partial charge in [-0.2, -0.15) is 0 Å². The van der Waals surface area contributed by atoms with E-state index in [4.69, 9.17) is 4.42 Å². The summed E-state index contributed by atoms with van der Waals surface area (Å²) in [6.07, 6.45) is 0. The van der Waals surface area contributed by atoms with E-state index in [1.165, 1.54) is 33.0 Å². The van der Waals surface area contributed by atoms with Crippen LogP contribution in [0.4, 0.5) is 17.1 Å². The minimum atomic E-state index is 0.856. The van der Waals surface area contributed by atoms with E-state index in [0.29, 0.717) is 0 Å². The van der Waals surface area contributed by atoms with Crippen LogP contribution in [0.1, 0.15) is 0 Å². The smallest absolute Gasteiger partial charge is 0.137 e. The minimum absolute atomic E-state index is 0.856. The van der Waals surface area contributed by atoms with Crippen LogP contribution in [-0.4, -0.2) is 0 Å². The number of hydrogen-bond acceptors (Lipinski definition) is 2. The van der Waals surface area contributed by atoms with E-state index in [0.717, 1.165) is 61.3 Å². The third-order valence-corrected chi connectivity index (χ3v) is 10.5. The number of anilines is 3. The third kappa shape index (κ3) is 5.62. The molecule has 54 heavy (non-hydrogen) atoms. The highest BCUT2D eigenvalue weighted by Gasteiger charge is 2.23. The Kier molecular flexibility index (Phi) is 7.85. The summed E-state index contributed by atoms with van der Waals surface area (Å²) in [5, 5.41) is 4.68. The summed E-state index contributed by atoms with van der Waals surface area (Å²) < 4.78 is 6.51. The van der Waals surface area contributed by atoms with Gasteiger partial charge in [0, 0.05) is 33.8 Å². The molecule has 9 aromatic carbocycles. The number of para-hydroxylation sites is 1. The Morgan fingerprint density at radius 1 is 0.315 bits per heavy atom. The first kappa shape index (κ1) is 31.6. The molecule has 0 aliphatic heterocycles. The van der Waals surface area contributed by atoms with Crippen LogP contribution in [0.25, 0.3) is 77.2 Å². The van der Waals surface area contributed by atoms with Crippen molar-refractivity contribution in [2.75, 3.05) is 4.90 Å². The van der Waals surface area contributed by atoms with Gasteiger partial charge in [-0.3, -0.25) is 0 Å². The predicted molar refractivity (Wildman–Crippen MR) is 228 cm³/mol. The van der Waals surface area contributed by atoms with Gasteiger partial charge in [0.2, 0.25) is 0 Å². The van der Waals surface area contributed by atoms with Crippen molar-refractivity contribution in [3.63, 3.8) is 0 Å². The molecule has 0 radical (unpaired) electrons. The molecular formula is C52H35NO. The van der Waals surface area contributed by atoms with Gasteiger partial charge in [-0.05, 0) is 92.2 Å². The SMILES string of the molecule is c1ccc(-c2ccccc2-c2c(-c3ccccc3)cccc2N(c2cccc(-c3ccc4ccccc4c3)c2)c2ccc3c(c2)oc2ccccc23)cc1. The Morgan fingerprint density at radius 3 is 1.74 bits per heavy atom. The molecule has 2 nitrogen and oxygen atoms in total. The van der Waals surface area contributed by atoms with E-state index < -0.39 is 0 Å². The van der Waals surface area contributed by atoms with E-state index in [1.54, 1.807) is 0 Å². The fourth-order valence-corrected chi connectivity index (χ4v) is 7.91. The zero-order valence-electron chi connectivity index (χ0n) is 29.6. The van der Waals surface area contributed by atoms with Crippen LogP contribution in [0.2, 0.25) is 0 Å². The van der Waals surface area contributed by atoms with Gasteiger partial charge in [0.25, 0.3) is 0 Å². The van der Waals surface area contributed by atoms with Crippen LogP contribution in [0.5, 0.6) is 0 Å². The van der Waals surface area contributed by atoms with E-state index >= 15 is 0 Å². The maximum absolute atomic E-state index is 6.51. The molecule has 2 heteroatoms. The van der Waals surface area contributed by atoms with Crippen molar-refractivity contribution in [2.24, 2.45) is 0 Å². The van der Waals surface area contributed by atoms with E-state index in [-0.39, 0.29) is 0 Å². The Morgan fingerprint density at radius 2 is 0.907 bits per heavy atom. The fraction of sp³-hybridized carbons (Fsp3) is 0. The summed E-state index contributed by atoms with van der Waals surface area (Å²) >= 11 is 0. The molecule has 0 fully saturated rings. The molecule has 254 valence electrons. The van der Waals surface area contributed by atoms with E-state index in [9.17, 15) is 0 Å². The fourth-order valence-electron chi connectivity index (χ4n) is 7.91. The lowest BCUT2D eigenvalue weighted by atomic mass is 9.87. The minimum Gasteiger partial charge on any atom is -0.456 e. The van der Waals surface area contributed by atoms with Gasteiger partial charge in [0.15, 0.2) is 0 Å². The molecular weight excluding hydrogens is 655 g/mol. The molecule has 0 N–H and O–H groups in total. The summed E-state index contributed by atoms with van der Waals surface area (Å²) in [4.78, 5) is 2.40. The molecule has 0 aliphatic carbocycles. The summed E-state index contributed by atoms with van der Waals surface area (Å²) in [5.74, 6) is 0. The van der Waals surface area contributed by atoms with Crippen molar-refractivity contribution in [1.29, 1.82) is 0 Å². The number of nitrogens with zero attached hydrogens (tertiary/aromatic N) is 1. The second-order valence-corrected chi connectivity index (χ2v) is 13.7. The lowest BCUT2D eigenvalue weighted by molar-refractivity contribution is 0.669. The average Bonchev–Trinajstić information content (AvgIpc) is 3.62. The average molecular weight is 690 g/mol. The number of benzene rings is 9. The molecule has 0 amide bonds. The van der Waals surface area contributed by atoms with Gasteiger partial charge < -0.3 is 9.32 Å². The molecule has 0 aliphatic rings. The molecule has 1 heterocycles. The van der Waals surface area contributed by atoms with Gasteiger partial charge in [0.1, 0.15) is 11.2 Å². The van der Waals surface area contributed by atoms with Gasteiger partial charge in [-0.25, -0.2) is 0 Å². The highest BCUT2D eigenvalue weighted by Crippen LogP contribution is 2.49. The maximum Gasteiger partial charge on any atom is 0.137 e. The normalized spacial score (nSPS) is 11.3. The monoisotopic (exact) mass is 689 g/mol. The molecule has 0 bridgehead atoms. The molecule has 10 aromatic rings. The quantitative estimate of drug-likeness (QED) is 0.166. The molecule has 0 atom stereocenters. The predicted octanol–water partition coefficient (Wildman–Crippen LogP) is 14.9. The Bertz CT molecular complexity index is 2940. The van der Waals surface area contributed by atoms with Gasteiger partial charge in [-0.1, -0.05) is 164 Å². The molecule has 10 rings (SSSR count). The van der Waals surface area contributed by atoms with E-state index in [2.05, 4.69) is 205 Å². The summed E-state index contributed by atoms with van der Waals surface area (Å²) in [5.41, 5.74) is 14.2. The van der Waals surface area contributed by atoms with Gasteiger partial charge in [-0.15, -0.1) is 0 Å². The first-order valence-electron chi connectivity index (χ1n) is 18.4. The van der Waals surface area contributed by atoms with Crippen LogP contribution in [0.3, 0.4) is 0 Å². The number of hydrogen-bond donors (Lipinski definition) is 0. The number of fused-ring (bicyclic) bond motifs is 4. The summed E-state index contributed by atoms with van der Waals surface area (Å²) in [6.45, 7) is 0. The van der Waals surface area contributed by atoms with Crippen molar-refractivity contribution in [2.45, 2.75) is 0 Å². The zero-order valence-corrected chi connectivity index (χ0v) is 29.6. The first-order chi connectivity index (χ1) is 26.8. The highest BCUT2D eigenvalue weighted by molar-refractivity contribution is 6.07. The van der Waals surface area contributed by atoms with Crippen molar-refractivity contribution in [1.82, 2.24) is 0 Å². The Balaban J connectivity index is 1.25. The highest BCUT2D eigenvalue weighted by atomic mass is 16.3. The van der Waals surface area contributed by atoms with Crippen LogP contribution < -0.4 is 4.90 Å². The van der Waals surface area contributed by atoms with Crippen molar-refractivity contribution in [3.8, 4) is 44.5 Å². The number of rotatable bonds is 7. The maximum atomic E-state index is 6.51. The van der Waals surface area contributed by atoms with Crippen LogP contribution >= 0.6 is 0 Å². The second kappa shape index (κ2) is 13.4. The zero-order chi connectivity index (χ0) is 35.8. The Hall–Kier alpha value is -7.16.